The van der Waals surface area contributed by atoms with E-state index in [0.29, 0.717) is 17.9 Å². The monoisotopic (exact) mass is 381 g/mol. The Morgan fingerprint density at radius 2 is 2.07 bits per heavy atom. The molecule has 0 N–H and O–H groups in total. The summed E-state index contributed by atoms with van der Waals surface area (Å²) in [6, 6.07) is 8.78. The molecule has 0 saturated carbocycles. The Kier molecular flexibility index (Phi) is 3.90. The Morgan fingerprint density at radius 1 is 1.22 bits per heavy atom. The Labute approximate surface area is 161 Å². The summed E-state index contributed by atoms with van der Waals surface area (Å²) in [4.78, 5) is 16.7. The first-order valence-corrected chi connectivity index (χ1v) is 10.3. The Bertz CT molecular complexity index is 1040. The number of benzene rings is 1. The van der Waals surface area contributed by atoms with E-state index in [1.54, 1.807) is 34.2 Å². The van der Waals surface area contributed by atoms with Crippen LogP contribution in [0.3, 0.4) is 0 Å². The number of carbonyl (C=O) groups is 1. The first kappa shape index (κ1) is 16.7. The lowest BCUT2D eigenvalue weighted by Gasteiger charge is -2.33. The highest BCUT2D eigenvalue weighted by Gasteiger charge is 2.34. The van der Waals surface area contributed by atoms with E-state index in [4.69, 9.17) is 0 Å². The SMILES string of the molecule is CC1c2ccsc2CCN1C(=O)c1nn(-c2ccccc2F)c2c1CCC2. The van der Waals surface area contributed by atoms with E-state index in [0.717, 1.165) is 36.9 Å². The molecular formula is C21H20FN3OS. The van der Waals surface area contributed by atoms with Crippen molar-refractivity contribution in [3.63, 3.8) is 0 Å². The Hall–Kier alpha value is -2.47. The number of rotatable bonds is 2. The molecule has 0 bridgehead atoms. The van der Waals surface area contributed by atoms with Crippen molar-refractivity contribution in [2.75, 3.05) is 6.54 Å². The Morgan fingerprint density at radius 3 is 2.93 bits per heavy atom. The van der Waals surface area contributed by atoms with Crippen molar-refractivity contribution in [3.05, 3.63) is 68.9 Å². The highest BCUT2D eigenvalue weighted by atomic mass is 32.1. The van der Waals surface area contributed by atoms with Gasteiger partial charge in [0.05, 0.1) is 6.04 Å². The zero-order valence-corrected chi connectivity index (χ0v) is 15.9. The fraction of sp³-hybridized carbons (Fsp3) is 0.333. The highest BCUT2D eigenvalue weighted by Crippen LogP contribution is 2.35. The summed E-state index contributed by atoms with van der Waals surface area (Å²) in [7, 11) is 0. The third-order valence-corrected chi connectivity index (χ3v) is 6.75. The van der Waals surface area contributed by atoms with Gasteiger partial charge in [0, 0.05) is 22.7 Å². The van der Waals surface area contributed by atoms with E-state index in [9.17, 15) is 9.18 Å². The number of aromatic nitrogens is 2. The van der Waals surface area contributed by atoms with Crippen LogP contribution in [0, 0.1) is 5.82 Å². The van der Waals surface area contributed by atoms with Crippen molar-refractivity contribution in [2.24, 2.45) is 0 Å². The molecule has 1 aliphatic carbocycles. The van der Waals surface area contributed by atoms with Crippen LogP contribution in [0.4, 0.5) is 4.39 Å². The van der Waals surface area contributed by atoms with Crippen molar-refractivity contribution < 1.29 is 9.18 Å². The zero-order valence-electron chi connectivity index (χ0n) is 15.1. The van der Waals surface area contributed by atoms with Crippen LogP contribution in [0.1, 0.15) is 51.6 Å². The second kappa shape index (κ2) is 6.30. The summed E-state index contributed by atoms with van der Waals surface area (Å²) < 4.78 is 16.0. The first-order valence-electron chi connectivity index (χ1n) is 9.38. The molecule has 3 aromatic rings. The minimum atomic E-state index is -0.317. The summed E-state index contributed by atoms with van der Waals surface area (Å²) in [5.74, 6) is -0.351. The average molecular weight is 381 g/mol. The predicted molar refractivity (Wildman–Crippen MR) is 103 cm³/mol. The zero-order chi connectivity index (χ0) is 18.5. The molecule has 5 rings (SSSR count). The molecule has 27 heavy (non-hydrogen) atoms. The van der Waals surface area contributed by atoms with Crippen molar-refractivity contribution >= 4 is 17.2 Å². The van der Waals surface area contributed by atoms with Gasteiger partial charge >= 0.3 is 0 Å². The number of hydrogen-bond acceptors (Lipinski definition) is 3. The number of amides is 1. The fourth-order valence-electron chi connectivity index (χ4n) is 4.35. The van der Waals surface area contributed by atoms with Crippen molar-refractivity contribution in [2.45, 2.75) is 38.6 Å². The average Bonchev–Trinajstić information content (AvgIpc) is 3.38. The second-order valence-electron chi connectivity index (χ2n) is 7.21. The van der Waals surface area contributed by atoms with Gasteiger partial charge in [-0.3, -0.25) is 4.79 Å². The van der Waals surface area contributed by atoms with Gasteiger partial charge in [0.1, 0.15) is 11.5 Å². The second-order valence-corrected chi connectivity index (χ2v) is 8.21. The molecule has 3 heterocycles. The molecule has 6 heteroatoms. The third-order valence-electron chi connectivity index (χ3n) is 5.75. The van der Waals surface area contributed by atoms with Gasteiger partial charge in [0.25, 0.3) is 5.91 Å². The van der Waals surface area contributed by atoms with Gasteiger partial charge in [-0.25, -0.2) is 9.07 Å². The predicted octanol–water partition coefficient (Wildman–Crippen LogP) is 4.32. The summed E-state index contributed by atoms with van der Waals surface area (Å²) in [5, 5.41) is 6.70. The lowest BCUT2D eigenvalue weighted by Crippen LogP contribution is -2.38. The van der Waals surface area contributed by atoms with Crippen LogP contribution in [0.2, 0.25) is 0 Å². The van der Waals surface area contributed by atoms with Gasteiger partial charge in [-0.05, 0) is 61.7 Å². The summed E-state index contributed by atoms with van der Waals surface area (Å²) in [6.07, 6.45) is 3.52. The molecule has 4 nitrogen and oxygen atoms in total. The van der Waals surface area contributed by atoms with Crippen molar-refractivity contribution in [1.82, 2.24) is 14.7 Å². The number of fused-ring (bicyclic) bond motifs is 2. The van der Waals surface area contributed by atoms with Crippen LogP contribution in [-0.4, -0.2) is 27.1 Å². The summed E-state index contributed by atoms with van der Waals surface area (Å²) in [5.41, 5.74) is 4.12. The van der Waals surface area contributed by atoms with Crippen molar-refractivity contribution in [1.29, 1.82) is 0 Å². The van der Waals surface area contributed by atoms with Gasteiger partial charge in [-0.2, -0.15) is 5.10 Å². The topological polar surface area (TPSA) is 38.1 Å². The van der Waals surface area contributed by atoms with Crippen LogP contribution in [-0.2, 0) is 19.3 Å². The number of carbonyl (C=O) groups excluding carboxylic acids is 1. The maximum absolute atomic E-state index is 14.3. The number of para-hydroxylation sites is 1. The smallest absolute Gasteiger partial charge is 0.275 e. The largest absolute Gasteiger partial charge is 0.330 e. The number of nitrogens with zero attached hydrogens (tertiary/aromatic N) is 3. The molecule has 138 valence electrons. The van der Waals surface area contributed by atoms with Crippen molar-refractivity contribution in [3.8, 4) is 5.69 Å². The maximum Gasteiger partial charge on any atom is 0.275 e. The molecular weight excluding hydrogens is 361 g/mol. The fourth-order valence-corrected chi connectivity index (χ4v) is 5.32. The minimum absolute atomic E-state index is 0.0346. The normalized spacial score (nSPS) is 18.4. The van der Waals surface area contributed by atoms with Crippen LogP contribution >= 0.6 is 11.3 Å². The molecule has 1 aromatic carbocycles. The van der Waals surface area contributed by atoms with Gasteiger partial charge in [-0.15, -0.1) is 11.3 Å². The van der Waals surface area contributed by atoms with Crippen LogP contribution in [0.15, 0.2) is 35.7 Å². The molecule has 1 atom stereocenters. The lowest BCUT2D eigenvalue weighted by molar-refractivity contribution is 0.0671. The van der Waals surface area contributed by atoms with E-state index >= 15 is 0 Å². The minimum Gasteiger partial charge on any atom is -0.330 e. The van der Waals surface area contributed by atoms with Gasteiger partial charge in [-0.1, -0.05) is 12.1 Å². The van der Waals surface area contributed by atoms with E-state index in [1.807, 2.05) is 4.90 Å². The maximum atomic E-state index is 14.3. The first-order chi connectivity index (χ1) is 13.1. The van der Waals surface area contributed by atoms with Gasteiger partial charge < -0.3 is 4.90 Å². The van der Waals surface area contributed by atoms with Crippen LogP contribution in [0.5, 0.6) is 0 Å². The van der Waals surface area contributed by atoms with E-state index in [1.165, 1.54) is 16.5 Å². The quantitative estimate of drug-likeness (QED) is 0.663. The molecule has 0 radical (unpaired) electrons. The summed E-state index contributed by atoms with van der Waals surface area (Å²) in [6.45, 7) is 2.78. The summed E-state index contributed by atoms with van der Waals surface area (Å²) >= 11 is 1.76. The molecule has 1 unspecified atom stereocenters. The standard InChI is InChI=1S/C21H20FN3OS/c1-13-14-10-12-27-19(14)9-11-24(13)21(26)20-15-5-4-8-17(15)25(23-20)18-7-3-2-6-16(18)22/h2-3,6-7,10,12-13H,4-5,8-9,11H2,1H3. The number of hydrogen-bond donors (Lipinski definition) is 0. The molecule has 0 fully saturated rings. The van der Waals surface area contributed by atoms with Gasteiger partial charge in [0.2, 0.25) is 0 Å². The van der Waals surface area contributed by atoms with Crippen LogP contribution in [0.25, 0.3) is 5.69 Å². The number of halogens is 1. The lowest BCUT2D eigenvalue weighted by atomic mass is 10.0. The van der Waals surface area contributed by atoms with E-state index in [-0.39, 0.29) is 17.8 Å². The molecule has 0 saturated heterocycles. The Balaban J connectivity index is 1.56. The molecule has 1 amide bonds. The van der Waals surface area contributed by atoms with Crippen LogP contribution < -0.4 is 0 Å². The molecule has 1 aliphatic heterocycles. The highest BCUT2D eigenvalue weighted by molar-refractivity contribution is 7.10. The third kappa shape index (κ3) is 2.54. The number of thiophene rings is 1. The molecule has 2 aromatic heterocycles. The molecule has 2 aliphatic rings. The van der Waals surface area contributed by atoms with E-state index in [2.05, 4.69) is 23.5 Å². The van der Waals surface area contributed by atoms with E-state index < -0.39 is 0 Å². The van der Waals surface area contributed by atoms with Gasteiger partial charge in [0.15, 0.2) is 5.69 Å². The molecule has 0 spiro atoms.